The third kappa shape index (κ3) is 1.45. The minimum absolute atomic E-state index is 0.0513. The van der Waals surface area contributed by atoms with Crippen LogP contribution in [0.15, 0.2) is 0 Å². The average Bonchev–Trinajstić information content (AvgIpc) is 3.13. The molecule has 5 saturated heterocycles. The average molecular weight is 508 g/mol. The van der Waals surface area contributed by atoms with Crippen molar-refractivity contribution in [1.82, 2.24) is 7.06 Å². The van der Waals surface area contributed by atoms with Crippen LogP contribution in [0.4, 0.5) is 0 Å². The first-order chi connectivity index (χ1) is 9.44. The molecule has 5 fully saturated rings. The number of carbonyl (C=O) groups is 1. The van der Waals surface area contributed by atoms with Crippen molar-refractivity contribution in [1.29, 1.82) is 0 Å². The van der Waals surface area contributed by atoms with Gasteiger partial charge in [0.15, 0.2) is 0 Å². The maximum absolute atomic E-state index is 11.7. The number of nitrogens with one attached hydrogen (secondary N) is 2. The van der Waals surface area contributed by atoms with E-state index in [1.54, 1.807) is 0 Å². The summed E-state index contributed by atoms with van der Waals surface area (Å²) < 4.78 is 23.3. The van der Waals surface area contributed by atoms with Crippen molar-refractivity contribution >= 4 is 48.9 Å². The number of esters is 1. The fraction of sp³-hybridized carbons (Fsp3) is 0.909. The molecule has 0 aliphatic carbocycles. The summed E-state index contributed by atoms with van der Waals surface area (Å²) in [5, 5.41) is 10.5. The van der Waals surface area contributed by atoms with Crippen LogP contribution >= 0.6 is 43.0 Å². The van der Waals surface area contributed by atoms with Crippen LogP contribution in [0.3, 0.4) is 0 Å². The van der Waals surface area contributed by atoms with Crippen LogP contribution in [0.5, 0.6) is 0 Å². The van der Waals surface area contributed by atoms with Gasteiger partial charge < -0.3 is 0 Å². The summed E-state index contributed by atoms with van der Waals surface area (Å²) in [5.74, 6) is -0.306. The van der Waals surface area contributed by atoms with E-state index in [-0.39, 0.29) is 40.0 Å². The third-order valence-electron chi connectivity index (χ3n) is 4.87. The standard InChI is InChI=1S/C11H14I2N2O5/c1-10(12,11-13(14-11)15-11)9(17)20-6-4-2-3-5(18-4)7(6)19-8(3)16/h3-7,9,14-15,17H,2H2,1H3. The topological polar surface area (TPSA) is 109 Å². The monoisotopic (exact) mass is 508 g/mol. The number of fused-ring (bicyclic) bond motifs is 2. The van der Waals surface area contributed by atoms with E-state index in [1.807, 2.05) is 6.92 Å². The summed E-state index contributed by atoms with van der Waals surface area (Å²) in [5.41, 5.74) is 0. The summed E-state index contributed by atoms with van der Waals surface area (Å²) in [7, 11) is 0. The predicted octanol–water partition coefficient (Wildman–Crippen LogP) is -0.207. The minimum atomic E-state index is -1.15. The van der Waals surface area contributed by atoms with Crippen LogP contribution in [0.2, 0.25) is 0 Å². The quantitative estimate of drug-likeness (QED) is 0.0919. The van der Waals surface area contributed by atoms with E-state index in [9.17, 15) is 9.90 Å². The van der Waals surface area contributed by atoms with Gasteiger partial charge in [0.05, 0.1) is 0 Å². The molecule has 0 aromatic carbocycles. The summed E-state index contributed by atoms with van der Waals surface area (Å²) in [6.07, 6.45) is -1.27. The van der Waals surface area contributed by atoms with Crippen LogP contribution in [0.1, 0.15) is 13.3 Å². The van der Waals surface area contributed by atoms with Gasteiger partial charge in [-0.3, -0.25) is 0 Å². The van der Waals surface area contributed by atoms with Gasteiger partial charge in [-0.15, -0.1) is 0 Å². The second kappa shape index (κ2) is 3.79. The molecular formula is C11H14I2N2O5. The fourth-order valence-electron chi connectivity index (χ4n) is 3.45. The number of alkyl halides is 2. The zero-order valence-electron chi connectivity index (χ0n) is 10.5. The number of ether oxygens (including phenoxy) is 3. The number of aliphatic hydroxyl groups is 1. The number of hydrogen-bond acceptors (Lipinski definition) is 7. The summed E-state index contributed by atoms with van der Waals surface area (Å²) in [6, 6.07) is 0. The van der Waals surface area contributed by atoms with Gasteiger partial charge in [-0.2, -0.15) is 0 Å². The van der Waals surface area contributed by atoms with Crippen molar-refractivity contribution in [2.24, 2.45) is 5.92 Å². The van der Waals surface area contributed by atoms with Crippen LogP contribution in [0, 0.1) is 5.92 Å². The van der Waals surface area contributed by atoms with E-state index in [1.165, 1.54) is 0 Å². The Balaban J connectivity index is 1.34. The molecule has 3 N–H and O–H groups in total. The van der Waals surface area contributed by atoms with E-state index in [4.69, 9.17) is 14.2 Å². The molecule has 0 spiro atoms. The molecule has 0 radical (unpaired) electrons. The SMILES string of the molecule is CC(I)(C(O)OC1C2CC3C(=O)OC1C3O2)C12NI1N2. The summed E-state index contributed by atoms with van der Waals surface area (Å²) in [6.45, 7) is 1.99. The van der Waals surface area contributed by atoms with Crippen LogP contribution in [-0.2, 0) is 19.0 Å². The third-order valence-corrected chi connectivity index (χ3v) is 12.1. The van der Waals surface area contributed by atoms with Crippen molar-refractivity contribution in [3.05, 3.63) is 0 Å². The molecule has 7 atom stereocenters. The zero-order chi connectivity index (χ0) is 13.9. The molecule has 0 aromatic rings. The van der Waals surface area contributed by atoms with E-state index in [0.717, 1.165) is 0 Å². The van der Waals surface area contributed by atoms with Crippen LogP contribution in [0.25, 0.3) is 0 Å². The Bertz CT molecular complexity index is 511. The van der Waals surface area contributed by atoms with Gasteiger partial charge in [0.2, 0.25) is 0 Å². The Morgan fingerprint density at radius 3 is 2.95 bits per heavy atom. The van der Waals surface area contributed by atoms with Crippen LogP contribution < -0.4 is 7.06 Å². The molecule has 0 saturated carbocycles. The molecule has 5 aliphatic rings. The first-order valence-electron chi connectivity index (χ1n) is 6.58. The fourth-order valence-corrected chi connectivity index (χ4v) is 11.4. The molecule has 5 rings (SSSR count). The van der Waals surface area contributed by atoms with Crippen molar-refractivity contribution in [2.75, 3.05) is 0 Å². The molecule has 0 aromatic heterocycles. The zero-order valence-corrected chi connectivity index (χ0v) is 14.8. The Morgan fingerprint density at radius 2 is 2.30 bits per heavy atom. The van der Waals surface area contributed by atoms with E-state index >= 15 is 0 Å². The van der Waals surface area contributed by atoms with Gasteiger partial charge in [0.25, 0.3) is 0 Å². The van der Waals surface area contributed by atoms with Gasteiger partial charge in [-0.25, -0.2) is 0 Å². The molecule has 112 valence electrons. The first-order valence-corrected chi connectivity index (χ1v) is 10.9. The molecule has 7 nitrogen and oxygen atoms in total. The van der Waals surface area contributed by atoms with Gasteiger partial charge in [0, 0.05) is 0 Å². The number of aliphatic hydroxyl groups excluding tert-OH is 1. The van der Waals surface area contributed by atoms with Crippen molar-refractivity contribution in [3.63, 3.8) is 0 Å². The van der Waals surface area contributed by atoms with E-state index < -0.39 is 30.1 Å². The number of halogens is 2. The first kappa shape index (κ1) is 13.2. The van der Waals surface area contributed by atoms with Crippen molar-refractivity contribution in [2.45, 2.75) is 51.1 Å². The second-order valence-corrected chi connectivity index (χ2v) is 12.6. The number of hydrogen-bond donors (Lipinski definition) is 3. The second-order valence-electron chi connectivity index (χ2n) is 6.04. The normalized spacial score (nSPS) is 51.5. The molecule has 20 heavy (non-hydrogen) atoms. The summed E-state index contributed by atoms with van der Waals surface area (Å²) >= 11 is 1.10. The number of rotatable bonds is 4. The van der Waals surface area contributed by atoms with E-state index in [0.29, 0.717) is 6.42 Å². The maximum atomic E-state index is 11.7. The predicted molar refractivity (Wildman–Crippen MR) is 83.0 cm³/mol. The molecule has 5 aliphatic heterocycles. The van der Waals surface area contributed by atoms with E-state index in [2.05, 4.69) is 29.7 Å². The molecule has 9 heteroatoms. The Kier molecular flexibility index (Phi) is 2.50. The summed E-state index contributed by atoms with van der Waals surface area (Å²) in [4.78, 5) is 11.7. The Labute approximate surface area is 136 Å². The molecular weight excluding hydrogens is 494 g/mol. The van der Waals surface area contributed by atoms with Gasteiger partial charge >= 0.3 is 137 Å². The molecule has 5 heterocycles. The molecule has 2 bridgehead atoms. The molecule has 7 unspecified atom stereocenters. The number of carbonyl (C=O) groups excluding carboxylic acids is 1. The Hall–Kier alpha value is 0.730. The van der Waals surface area contributed by atoms with Gasteiger partial charge in [-0.05, 0) is 0 Å². The van der Waals surface area contributed by atoms with Crippen molar-refractivity contribution < 1.29 is 24.1 Å². The Morgan fingerprint density at radius 1 is 1.60 bits per heavy atom. The van der Waals surface area contributed by atoms with Gasteiger partial charge in [-0.1, -0.05) is 0 Å². The van der Waals surface area contributed by atoms with Gasteiger partial charge in [0.1, 0.15) is 0 Å². The molecule has 0 amide bonds. The van der Waals surface area contributed by atoms with Crippen molar-refractivity contribution in [3.8, 4) is 0 Å². The van der Waals surface area contributed by atoms with Crippen LogP contribution in [-0.4, -0.2) is 48.9 Å².